The quantitative estimate of drug-likeness (QED) is 0.155. The van der Waals surface area contributed by atoms with Crippen LogP contribution in [-0.2, 0) is 32.3 Å². The van der Waals surface area contributed by atoms with E-state index in [1.807, 2.05) is 30.5 Å². The van der Waals surface area contributed by atoms with Crippen molar-refractivity contribution in [3.8, 4) is 5.75 Å². The van der Waals surface area contributed by atoms with Gasteiger partial charge in [0.2, 0.25) is 0 Å². The molecular formula is C34H46N2O6Si. The molecule has 5 rings (SSSR count). The first kappa shape index (κ1) is 31.5. The Balaban J connectivity index is 1.20. The Morgan fingerprint density at radius 2 is 1.93 bits per heavy atom. The molecule has 1 saturated heterocycles. The lowest BCUT2D eigenvalue weighted by Gasteiger charge is -2.27. The Morgan fingerprint density at radius 3 is 2.67 bits per heavy atom. The molecule has 2 aliphatic rings. The van der Waals surface area contributed by atoms with Crippen molar-refractivity contribution in [3.05, 3.63) is 71.9 Å². The molecule has 1 aromatic heterocycles. The number of carboxylic acids is 1. The van der Waals surface area contributed by atoms with Gasteiger partial charge in [0.25, 0.3) is 0 Å². The van der Waals surface area contributed by atoms with Crippen molar-refractivity contribution in [2.45, 2.75) is 83.0 Å². The fourth-order valence-electron chi connectivity index (χ4n) is 5.72. The van der Waals surface area contributed by atoms with Gasteiger partial charge in [0.05, 0.1) is 37.0 Å². The zero-order chi connectivity index (χ0) is 30.2. The number of ether oxygens (including phenoxy) is 4. The second-order valence-electron chi connectivity index (χ2n) is 12.9. The number of nitrogens with one attached hydrogen (secondary N) is 1. The van der Waals surface area contributed by atoms with E-state index >= 15 is 0 Å². The predicted octanol–water partition coefficient (Wildman–Crippen LogP) is 6.32. The standard InChI is InChI=1S/C34H46N2O6Si/c1-43(2,3)18-17-39-24-36-16-14-27-19-29(33(20-31(27)36)42-23-34(37)38)26-9-11-28(12-10-26)40-22-30-32(13-15-35-30)41-21-25-7-5-4-6-8-25/h4-9,14,16,19-20,28,30,32,35H,10-13,15,17-18,21-24H2,1-3H3,(H,37,38)/t28?,30-,32+/m0/s1. The molecule has 0 amide bonds. The number of hydrogen-bond donors (Lipinski definition) is 2. The molecule has 8 nitrogen and oxygen atoms in total. The smallest absolute Gasteiger partial charge is 0.341 e. The fourth-order valence-corrected chi connectivity index (χ4v) is 6.47. The van der Waals surface area contributed by atoms with Crippen LogP contribution in [-0.4, -0.2) is 68.3 Å². The lowest BCUT2D eigenvalue weighted by atomic mass is 9.91. The number of aliphatic carboxylic acids is 1. The minimum atomic E-state index is -1.16. The highest BCUT2D eigenvalue weighted by Gasteiger charge is 2.29. The zero-order valence-electron chi connectivity index (χ0n) is 25.7. The third kappa shape index (κ3) is 9.03. The number of aromatic nitrogens is 1. The fraction of sp³-hybridized carbons (Fsp3) is 0.500. The van der Waals surface area contributed by atoms with Crippen LogP contribution in [0.2, 0.25) is 25.7 Å². The summed E-state index contributed by atoms with van der Waals surface area (Å²) in [6.07, 6.45) is 8.07. The van der Waals surface area contributed by atoms with Crippen LogP contribution in [0.1, 0.15) is 36.8 Å². The van der Waals surface area contributed by atoms with Crippen molar-refractivity contribution in [3.63, 3.8) is 0 Å². The molecule has 1 unspecified atom stereocenters. The summed E-state index contributed by atoms with van der Waals surface area (Å²) in [5.41, 5.74) is 4.29. The number of allylic oxidation sites excluding steroid dienone is 1. The highest BCUT2D eigenvalue weighted by molar-refractivity contribution is 6.76. The van der Waals surface area contributed by atoms with E-state index in [-0.39, 0.29) is 24.9 Å². The first-order valence-electron chi connectivity index (χ1n) is 15.5. The average Bonchev–Trinajstić information content (AvgIpc) is 3.62. The predicted molar refractivity (Wildman–Crippen MR) is 172 cm³/mol. The molecule has 0 bridgehead atoms. The maximum atomic E-state index is 11.4. The van der Waals surface area contributed by atoms with Gasteiger partial charge in [0.15, 0.2) is 6.61 Å². The maximum absolute atomic E-state index is 11.4. The zero-order valence-corrected chi connectivity index (χ0v) is 26.7. The molecule has 2 aromatic carbocycles. The Morgan fingerprint density at radius 1 is 1.09 bits per heavy atom. The van der Waals surface area contributed by atoms with Crippen molar-refractivity contribution >= 4 is 30.5 Å². The van der Waals surface area contributed by atoms with Gasteiger partial charge >= 0.3 is 5.97 Å². The molecule has 1 aliphatic carbocycles. The van der Waals surface area contributed by atoms with Crippen LogP contribution in [0, 0.1) is 0 Å². The number of fused-ring (bicyclic) bond motifs is 1. The van der Waals surface area contributed by atoms with Crippen LogP contribution in [0.5, 0.6) is 5.75 Å². The minimum Gasteiger partial charge on any atom is -0.481 e. The van der Waals surface area contributed by atoms with E-state index in [1.165, 1.54) is 11.1 Å². The lowest BCUT2D eigenvalue weighted by Crippen LogP contribution is -2.38. The second-order valence-corrected chi connectivity index (χ2v) is 18.5. The Hall–Kier alpha value is -2.95. The summed E-state index contributed by atoms with van der Waals surface area (Å²) < 4.78 is 26.5. The van der Waals surface area contributed by atoms with Crippen LogP contribution < -0.4 is 10.1 Å². The van der Waals surface area contributed by atoms with Gasteiger partial charge in [-0.15, -0.1) is 0 Å². The highest BCUT2D eigenvalue weighted by Crippen LogP contribution is 2.37. The summed E-state index contributed by atoms with van der Waals surface area (Å²) in [6, 6.07) is 17.8. The SMILES string of the molecule is C[Si](C)(C)CCOCn1ccc2cc(C3=CCC(OC[C@@H]4NCC[C@H]4OCc4ccccc4)CC3)c(OCC(=O)O)cc21. The third-order valence-electron chi connectivity index (χ3n) is 8.26. The van der Waals surface area contributed by atoms with Gasteiger partial charge in [-0.1, -0.05) is 56.0 Å². The summed E-state index contributed by atoms with van der Waals surface area (Å²) in [4.78, 5) is 11.4. The number of carboxylic acid groups (broad SMARTS) is 1. The van der Waals surface area contributed by atoms with Gasteiger partial charge in [-0.05, 0) is 61.5 Å². The molecule has 1 aliphatic heterocycles. The summed E-state index contributed by atoms with van der Waals surface area (Å²) in [5.74, 6) is -0.398. The summed E-state index contributed by atoms with van der Waals surface area (Å²) in [6.45, 7) is 10.0. The van der Waals surface area contributed by atoms with Crippen molar-refractivity contribution in [2.24, 2.45) is 0 Å². The molecular weight excluding hydrogens is 560 g/mol. The van der Waals surface area contributed by atoms with Crippen molar-refractivity contribution < 1.29 is 28.8 Å². The monoisotopic (exact) mass is 606 g/mol. The molecule has 43 heavy (non-hydrogen) atoms. The van der Waals surface area contributed by atoms with E-state index < -0.39 is 14.0 Å². The number of hydrogen-bond acceptors (Lipinski definition) is 6. The molecule has 3 aromatic rings. The van der Waals surface area contributed by atoms with Gasteiger partial charge in [-0.25, -0.2) is 4.79 Å². The number of benzene rings is 2. The van der Waals surface area contributed by atoms with E-state index in [4.69, 9.17) is 18.9 Å². The normalized spacial score (nSPS) is 20.8. The lowest BCUT2D eigenvalue weighted by molar-refractivity contribution is -0.139. The van der Waals surface area contributed by atoms with Gasteiger partial charge in [-0.3, -0.25) is 0 Å². The molecule has 1 fully saturated rings. The van der Waals surface area contributed by atoms with E-state index in [0.29, 0.717) is 25.7 Å². The van der Waals surface area contributed by atoms with E-state index in [2.05, 4.69) is 59.9 Å². The van der Waals surface area contributed by atoms with Crippen molar-refractivity contribution in [2.75, 3.05) is 26.4 Å². The summed E-state index contributed by atoms with van der Waals surface area (Å²) in [5, 5.41) is 13.9. The van der Waals surface area contributed by atoms with Crippen LogP contribution in [0.15, 0.2) is 60.8 Å². The highest BCUT2D eigenvalue weighted by atomic mass is 28.3. The number of rotatable bonds is 15. The van der Waals surface area contributed by atoms with Gasteiger partial charge in [0.1, 0.15) is 12.5 Å². The minimum absolute atomic E-state index is 0.141. The Kier molecular flexibility index (Phi) is 10.7. The van der Waals surface area contributed by atoms with Gasteiger partial charge in [-0.2, -0.15) is 0 Å². The summed E-state index contributed by atoms with van der Waals surface area (Å²) >= 11 is 0. The molecule has 2 N–H and O–H groups in total. The van der Waals surface area contributed by atoms with Crippen LogP contribution in [0.4, 0.5) is 0 Å². The Labute approximate surface area is 256 Å². The van der Waals surface area contributed by atoms with E-state index in [9.17, 15) is 9.90 Å². The van der Waals surface area contributed by atoms with E-state index in [0.717, 1.165) is 61.3 Å². The maximum Gasteiger partial charge on any atom is 0.341 e. The molecule has 232 valence electrons. The van der Waals surface area contributed by atoms with Crippen molar-refractivity contribution in [1.82, 2.24) is 9.88 Å². The van der Waals surface area contributed by atoms with Crippen LogP contribution >= 0.6 is 0 Å². The first-order valence-corrected chi connectivity index (χ1v) is 19.2. The molecule has 0 spiro atoms. The average molecular weight is 607 g/mol. The van der Waals surface area contributed by atoms with Crippen LogP contribution in [0.3, 0.4) is 0 Å². The second kappa shape index (κ2) is 14.7. The topological polar surface area (TPSA) is 91.2 Å². The van der Waals surface area contributed by atoms with Crippen molar-refractivity contribution in [1.29, 1.82) is 0 Å². The number of carbonyl (C=O) groups is 1. The molecule has 2 heterocycles. The Bertz CT molecular complexity index is 1380. The molecule has 9 heteroatoms. The largest absolute Gasteiger partial charge is 0.481 e. The molecule has 3 atom stereocenters. The summed E-state index contributed by atoms with van der Waals surface area (Å²) in [7, 11) is -1.16. The number of nitrogens with zero attached hydrogens (tertiary/aromatic N) is 1. The first-order chi connectivity index (χ1) is 20.7. The molecule has 0 radical (unpaired) electrons. The van der Waals surface area contributed by atoms with Gasteiger partial charge < -0.3 is 33.9 Å². The molecule has 0 saturated carbocycles. The van der Waals surface area contributed by atoms with Gasteiger partial charge in [0, 0.05) is 37.9 Å². The van der Waals surface area contributed by atoms with E-state index in [1.54, 1.807) is 0 Å². The van der Waals surface area contributed by atoms with Crippen LogP contribution in [0.25, 0.3) is 16.5 Å². The third-order valence-corrected chi connectivity index (χ3v) is 9.97.